The van der Waals surface area contributed by atoms with E-state index < -0.39 is 0 Å². The molecule has 0 unspecified atom stereocenters. The molecule has 0 bridgehead atoms. The molecule has 0 amide bonds. The highest BCUT2D eigenvalue weighted by Crippen LogP contribution is 2.30. The highest BCUT2D eigenvalue weighted by Gasteiger charge is 2.19. The molecule has 15 heavy (non-hydrogen) atoms. The standard InChI is InChI=1S/C10H10FI2NO/c11-8-1-2-9-6(3-4-15-9)7(8)5-14-10(12)13/h1-2,10,14H,3-5H2. The molecular weight excluding hydrogens is 423 g/mol. The molecule has 1 aliphatic rings. The SMILES string of the molecule is Fc1ccc2c(c1CNC(I)I)CCO2. The molecule has 1 heterocycles. The Morgan fingerprint density at radius 3 is 3.00 bits per heavy atom. The Labute approximate surface area is 115 Å². The Morgan fingerprint density at radius 2 is 2.27 bits per heavy atom. The smallest absolute Gasteiger partial charge is 0.128 e. The minimum Gasteiger partial charge on any atom is -0.493 e. The summed E-state index contributed by atoms with van der Waals surface area (Å²) >= 11 is 4.50. The van der Waals surface area contributed by atoms with Crippen molar-refractivity contribution < 1.29 is 9.13 Å². The zero-order chi connectivity index (χ0) is 10.8. The molecule has 0 aromatic heterocycles. The average Bonchev–Trinajstić information content (AvgIpc) is 2.63. The lowest BCUT2D eigenvalue weighted by atomic mass is 10.0. The molecule has 2 nitrogen and oxygen atoms in total. The Balaban J connectivity index is 2.25. The molecule has 0 saturated heterocycles. The summed E-state index contributed by atoms with van der Waals surface area (Å²) in [5.41, 5.74) is 1.78. The predicted octanol–water partition coefficient (Wildman–Crippen LogP) is 3.00. The molecule has 0 fully saturated rings. The van der Waals surface area contributed by atoms with Crippen molar-refractivity contribution in [3.05, 3.63) is 29.1 Å². The van der Waals surface area contributed by atoms with E-state index in [0.29, 0.717) is 15.2 Å². The Kier molecular flexibility index (Phi) is 4.05. The molecule has 1 N–H and O–H groups in total. The monoisotopic (exact) mass is 433 g/mol. The van der Waals surface area contributed by atoms with Gasteiger partial charge in [0.2, 0.25) is 0 Å². The first kappa shape index (κ1) is 11.8. The van der Waals surface area contributed by atoms with Crippen LogP contribution in [0.2, 0.25) is 0 Å². The van der Waals surface area contributed by atoms with Crippen LogP contribution < -0.4 is 10.1 Å². The lowest BCUT2D eigenvalue weighted by molar-refractivity contribution is 0.356. The topological polar surface area (TPSA) is 21.3 Å². The van der Waals surface area contributed by atoms with Crippen LogP contribution in [-0.2, 0) is 13.0 Å². The van der Waals surface area contributed by atoms with Gasteiger partial charge in [0.25, 0.3) is 0 Å². The second-order valence-corrected chi connectivity index (χ2v) is 8.16. The number of hydrogen-bond acceptors (Lipinski definition) is 2. The molecule has 0 saturated carbocycles. The van der Waals surface area contributed by atoms with Crippen LogP contribution in [0.3, 0.4) is 0 Å². The fourth-order valence-corrected chi connectivity index (χ4v) is 2.13. The first-order valence-corrected chi connectivity index (χ1v) is 7.12. The third kappa shape index (κ3) is 2.73. The molecular formula is C10H10FI2NO. The molecule has 2 rings (SSSR count). The van der Waals surface area contributed by atoms with Gasteiger partial charge >= 0.3 is 0 Å². The zero-order valence-electron chi connectivity index (χ0n) is 7.90. The quantitative estimate of drug-likeness (QED) is 0.450. The van der Waals surface area contributed by atoms with E-state index in [1.165, 1.54) is 6.07 Å². The molecule has 5 heteroatoms. The summed E-state index contributed by atoms with van der Waals surface area (Å²) in [6.07, 6.45) is 0.817. The molecule has 82 valence electrons. The molecule has 0 aliphatic carbocycles. The van der Waals surface area contributed by atoms with Crippen LogP contribution in [0.4, 0.5) is 4.39 Å². The summed E-state index contributed by atoms with van der Waals surface area (Å²) in [6.45, 7) is 1.23. The van der Waals surface area contributed by atoms with Crippen LogP contribution in [0.5, 0.6) is 5.75 Å². The predicted molar refractivity (Wildman–Crippen MR) is 74.3 cm³/mol. The fraction of sp³-hybridized carbons (Fsp3) is 0.400. The highest BCUT2D eigenvalue weighted by molar-refractivity contribution is 14.2. The maximum Gasteiger partial charge on any atom is 0.128 e. The molecule has 1 aliphatic heterocycles. The van der Waals surface area contributed by atoms with Gasteiger partial charge in [-0.1, -0.05) is 45.2 Å². The van der Waals surface area contributed by atoms with Crippen LogP contribution in [0.1, 0.15) is 11.1 Å². The van der Waals surface area contributed by atoms with Crippen molar-refractivity contribution in [2.75, 3.05) is 6.61 Å². The second-order valence-electron chi connectivity index (χ2n) is 3.28. The van der Waals surface area contributed by atoms with Crippen LogP contribution >= 0.6 is 45.2 Å². The van der Waals surface area contributed by atoms with Gasteiger partial charge in [0.05, 0.1) is 6.61 Å². The number of fused-ring (bicyclic) bond motifs is 1. The van der Waals surface area contributed by atoms with Gasteiger partial charge in [-0.2, -0.15) is 0 Å². The zero-order valence-corrected chi connectivity index (χ0v) is 12.2. The van der Waals surface area contributed by atoms with E-state index in [0.717, 1.165) is 23.3 Å². The molecule has 1 aromatic carbocycles. The van der Waals surface area contributed by atoms with Crippen molar-refractivity contribution in [3.63, 3.8) is 0 Å². The van der Waals surface area contributed by atoms with Gasteiger partial charge in [-0.25, -0.2) is 4.39 Å². The number of hydrogen-bond donors (Lipinski definition) is 1. The van der Waals surface area contributed by atoms with E-state index in [-0.39, 0.29) is 5.82 Å². The largest absolute Gasteiger partial charge is 0.493 e. The Bertz CT molecular complexity index is 371. The molecule has 0 spiro atoms. The fourth-order valence-electron chi connectivity index (χ4n) is 1.69. The third-order valence-electron chi connectivity index (χ3n) is 2.37. The van der Waals surface area contributed by atoms with Crippen LogP contribution in [0.25, 0.3) is 0 Å². The molecule has 0 atom stereocenters. The lowest BCUT2D eigenvalue weighted by Gasteiger charge is -2.10. The van der Waals surface area contributed by atoms with Crippen LogP contribution in [0.15, 0.2) is 12.1 Å². The number of rotatable bonds is 3. The maximum atomic E-state index is 13.6. The van der Waals surface area contributed by atoms with Gasteiger partial charge < -0.3 is 4.74 Å². The summed E-state index contributed by atoms with van der Waals surface area (Å²) in [4.78, 5) is 0. The number of alkyl halides is 2. The van der Waals surface area contributed by atoms with Crippen molar-refractivity contribution in [3.8, 4) is 5.75 Å². The van der Waals surface area contributed by atoms with E-state index in [2.05, 4.69) is 50.5 Å². The highest BCUT2D eigenvalue weighted by atomic mass is 127. The van der Waals surface area contributed by atoms with Crippen LogP contribution in [-0.4, -0.2) is 8.66 Å². The van der Waals surface area contributed by atoms with Gasteiger partial charge in [0.1, 0.15) is 13.6 Å². The van der Waals surface area contributed by atoms with Gasteiger partial charge in [-0.15, -0.1) is 0 Å². The van der Waals surface area contributed by atoms with E-state index >= 15 is 0 Å². The maximum absolute atomic E-state index is 13.6. The van der Waals surface area contributed by atoms with E-state index in [4.69, 9.17) is 4.74 Å². The Hall–Kier alpha value is 0.370. The Morgan fingerprint density at radius 1 is 1.47 bits per heavy atom. The minimum atomic E-state index is -0.139. The van der Waals surface area contributed by atoms with E-state index in [1.54, 1.807) is 6.07 Å². The summed E-state index contributed by atoms with van der Waals surface area (Å²) in [6, 6.07) is 3.20. The third-order valence-corrected chi connectivity index (χ3v) is 3.25. The van der Waals surface area contributed by atoms with Gasteiger partial charge in [0, 0.05) is 24.1 Å². The van der Waals surface area contributed by atoms with Crippen molar-refractivity contribution >= 4 is 45.2 Å². The molecule has 0 radical (unpaired) electrons. The summed E-state index contributed by atoms with van der Waals surface area (Å²) in [7, 11) is 0. The van der Waals surface area contributed by atoms with Crippen molar-refractivity contribution in [1.82, 2.24) is 5.32 Å². The number of ether oxygens (including phenoxy) is 1. The van der Waals surface area contributed by atoms with Crippen molar-refractivity contribution in [1.29, 1.82) is 0 Å². The lowest BCUT2D eigenvalue weighted by Crippen LogP contribution is -2.18. The number of nitrogens with one attached hydrogen (secondary N) is 1. The first-order valence-electron chi connectivity index (χ1n) is 4.63. The molecule has 1 aromatic rings. The van der Waals surface area contributed by atoms with Crippen molar-refractivity contribution in [2.45, 2.75) is 15.0 Å². The van der Waals surface area contributed by atoms with Crippen LogP contribution in [0, 0.1) is 5.82 Å². The number of benzene rings is 1. The van der Waals surface area contributed by atoms with Crippen molar-refractivity contribution in [2.24, 2.45) is 0 Å². The summed E-state index contributed by atoms with van der Waals surface area (Å²) < 4.78 is 19.3. The van der Waals surface area contributed by atoms with Gasteiger partial charge in [-0.3, -0.25) is 5.32 Å². The first-order chi connectivity index (χ1) is 7.18. The second kappa shape index (κ2) is 5.13. The van der Waals surface area contributed by atoms with E-state index in [1.807, 2.05) is 0 Å². The normalized spacial score (nSPS) is 14.1. The minimum absolute atomic E-state index is 0.139. The summed E-state index contributed by atoms with van der Waals surface area (Å²) in [5.74, 6) is 0.701. The average molecular weight is 433 g/mol. The van der Waals surface area contributed by atoms with E-state index in [9.17, 15) is 4.39 Å². The number of halogens is 3. The van der Waals surface area contributed by atoms with Gasteiger partial charge in [0.15, 0.2) is 0 Å². The van der Waals surface area contributed by atoms with Gasteiger partial charge in [-0.05, 0) is 12.1 Å². The summed E-state index contributed by atoms with van der Waals surface area (Å²) in [5, 5.41) is 3.21.